The van der Waals surface area contributed by atoms with E-state index in [1.165, 1.54) is 20.2 Å². The van der Waals surface area contributed by atoms with Crippen molar-refractivity contribution in [2.24, 2.45) is 7.05 Å². The molecule has 0 unspecified atom stereocenters. The summed E-state index contributed by atoms with van der Waals surface area (Å²) in [6.07, 6.45) is 1.59. The van der Waals surface area contributed by atoms with E-state index < -0.39 is 11.9 Å². The Morgan fingerprint density at radius 1 is 1.03 bits per heavy atom. The first kappa shape index (κ1) is 24.1. The van der Waals surface area contributed by atoms with E-state index in [9.17, 15) is 9.59 Å². The number of nitrogens with one attached hydrogen (secondary N) is 4. The predicted octanol–water partition coefficient (Wildman–Crippen LogP) is 2.71. The topological polar surface area (TPSA) is 148 Å². The Hall–Kier alpha value is -5.00. The standard InChI is InChI=1S/C24H25N9O3/c1-25-23(34)20-18(12-19(30-31-20)29-24(35)26-13-15-8-5-4-6-9-15)28-17-11-7-10-16(21(17)36-3)22-27-14-33(2)32-22/h4-12,14H,13H2,1-3H3,(H,25,34)(H3,26,28,29,30,35). The lowest BCUT2D eigenvalue weighted by molar-refractivity contribution is 0.0958. The number of urea groups is 1. The van der Waals surface area contributed by atoms with Gasteiger partial charge in [-0.05, 0) is 17.7 Å². The summed E-state index contributed by atoms with van der Waals surface area (Å²) >= 11 is 0. The summed E-state index contributed by atoms with van der Waals surface area (Å²) < 4.78 is 7.23. The van der Waals surface area contributed by atoms with Crippen molar-refractivity contribution in [2.45, 2.75) is 6.54 Å². The van der Waals surface area contributed by atoms with Gasteiger partial charge in [0, 0.05) is 26.7 Å². The van der Waals surface area contributed by atoms with Crippen molar-refractivity contribution in [3.8, 4) is 17.1 Å². The summed E-state index contributed by atoms with van der Waals surface area (Å²) in [5, 5.41) is 23.5. The van der Waals surface area contributed by atoms with Gasteiger partial charge in [-0.1, -0.05) is 36.4 Å². The second-order valence-corrected chi connectivity index (χ2v) is 7.62. The second-order valence-electron chi connectivity index (χ2n) is 7.62. The molecule has 2 aromatic heterocycles. The minimum Gasteiger partial charge on any atom is -0.494 e. The molecule has 4 N–H and O–H groups in total. The maximum absolute atomic E-state index is 12.5. The van der Waals surface area contributed by atoms with Gasteiger partial charge in [-0.15, -0.1) is 10.2 Å². The quantitative estimate of drug-likeness (QED) is 0.297. The number of ether oxygens (including phenoxy) is 1. The zero-order valence-corrected chi connectivity index (χ0v) is 19.9. The number of aryl methyl sites for hydroxylation is 1. The van der Waals surface area contributed by atoms with Crippen molar-refractivity contribution >= 4 is 29.1 Å². The van der Waals surface area contributed by atoms with Crippen LogP contribution in [0.15, 0.2) is 60.9 Å². The molecule has 0 saturated carbocycles. The van der Waals surface area contributed by atoms with E-state index in [0.29, 0.717) is 35.1 Å². The van der Waals surface area contributed by atoms with E-state index in [2.05, 4.69) is 41.5 Å². The second kappa shape index (κ2) is 11.0. The number of methoxy groups -OCH3 is 1. The number of amides is 3. The summed E-state index contributed by atoms with van der Waals surface area (Å²) in [6, 6.07) is 16.0. The predicted molar refractivity (Wildman–Crippen MR) is 134 cm³/mol. The number of aromatic nitrogens is 5. The minimum absolute atomic E-state index is 0.0381. The Balaban J connectivity index is 1.60. The molecule has 0 saturated heterocycles. The number of anilines is 3. The Bertz CT molecular complexity index is 1370. The summed E-state index contributed by atoms with van der Waals surface area (Å²) in [7, 11) is 4.79. The van der Waals surface area contributed by atoms with Crippen LogP contribution in [0.1, 0.15) is 16.1 Å². The van der Waals surface area contributed by atoms with Crippen LogP contribution < -0.4 is 26.0 Å². The number of carbonyl (C=O) groups excluding carboxylic acids is 2. The highest BCUT2D eigenvalue weighted by molar-refractivity contribution is 5.99. The molecule has 4 aromatic rings. The summed E-state index contributed by atoms with van der Waals surface area (Å²) in [5.41, 5.74) is 2.50. The third-order valence-electron chi connectivity index (χ3n) is 5.10. The average molecular weight is 488 g/mol. The third-order valence-corrected chi connectivity index (χ3v) is 5.10. The van der Waals surface area contributed by atoms with E-state index in [-0.39, 0.29) is 11.5 Å². The van der Waals surface area contributed by atoms with Gasteiger partial charge in [0.25, 0.3) is 5.91 Å². The Morgan fingerprint density at radius 3 is 2.53 bits per heavy atom. The maximum Gasteiger partial charge on any atom is 0.320 e. The lowest BCUT2D eigenvalue weighted by Crippen LogP contribution is -2.29. The van der Waals surface area contributed by atoms with E-state index >= 15 is 0 Å². The number of para-hydroxylation sites is 1. The molecule has 184 valence electrons. The van der Waals surface area contributed by atoms with Crippen LogP contribution in [-0.2, 0) is 13.6 Å². The SMILES string of the molecule is CNC(=O)c1nnc(NC(=O)NCc2ccccc2)cc1Nc1cccc(-c2ncn(C)n2)c1OC. The van der Waals surface area contributed by atoms with Gasteiger partial charge < -0.3 is 20.7 Å². The molecule has 12 nitrogen and oxygen atoms in total. The molecule has 0 aliphatic carbocycles. The van der Waals surface area contributed by atoms with Gasteiger partial charge in [-0.25, -0.2) is 9.78 Å². The van der Waals surface area contributed by atoms with E-state index in [0.717, 1.165) is 5.56 Å². The lowest BCUT2D eigenvalue weighted by Gasteiger charge is -2.16. The first-order chi connectivity index (χ1) is 17.5. The van der Waals surface area contributed by atoms with Crippen molar-refractivity contribution in [1.82, 2.24) is 35.6 Å². The highest BCUT2D eigenvalue weighted by Gasteiger charge is 2.19. The van der Waals surface area contributed by atoms with Crippen molar-refractivity contribution in [2.75, 3.05) is 24.8 Å². The number of hydrogen-bond donors (Lipinski definition) is 4. The molecule has 2 heterocycles. The van der Waals surface area contributed by atoms with Gasteiger partial charge in [-0.2, -0.15) is 5.10 Å². The number of nitrogens with zero attached hydrogens (tertiary/aromatic N) is 5. The molecule has 2 aromatic carbocycles. The monoisotopic (exact) mass is 487 g/mol. The number of benzene rings is 2. The fourth-order valence-electron chi connectivity index (χ4n) is 3.41. The Kier molecular flexibility index (Phi) is 7.34. The van der Waals surface area contributed by atoms with E-state index in [1.54, 1.807) is 30.2 Å². The van der Waals surface area contributed by atoms with Crippen LogP contribution in [0.5, 0.6) is 5.75 Å². The normalized spacial score (nSPS) is 10.4. The highest BCUT2D eigenvalue weighted by Crippen LogP contribution is 2.37. The van der Waals surface area contributed by atoms with Gasteiger partial charge in [0.2, 0.25) is 0 Å². The molecule has 3 amide bonds. The first-order valence-electron chi connectivity index (χ1n) is 11.0. The van der Waals surface area contributed by atoms with Crippen molar-refractivity contribution < 1.29 is 14.3 Å². The van der Waals surface area contributed by atoms with Crippen molar-refractivity contribution in [3.63, 3.8) is 0 Å². The number of hydrogen-bond acceptors (Lipinski definition) is 8. The van der Waals surface area contributed by atoms with Crippen molar-refractivity contribution in [1.29, 1.82) is 0 Å². The number of rotatable bonds is 8. The van der Waals surface area contributed by atoms with E-state index in [1.807, 2.05) is 36.4 Å². The summed E-state index contributed by atoms with van der Waals surface area (Å²) in [4.78, 5) is 29.2. The molecule has 4 rings (SSSR count). The molecule has 36 heavy (non-hydrogen) atoms. The van der Waals surface area contributed by atoms with Gasteiger partial charge in [0.05, 0.1) is 24.0 Å². The Labute approximate surface area is 207 Å². The molecule has 0 aliphatic rings. The molecule has 0 atom stereocenters. The fraction of sp³-hybridized carbons (Fsp3) is 0.167. The maximum atomic E-state index is 12.5. The molecule has 0 aliphatic heterocycles. The summed E-state index contributed by atoms with van der Waals surface area (Å²) in [6.45, 7) is 0.340. The molecule has 0 fully saturated rings. The molecule has 12 heteroatoms. The van der Waals surface area contributed by atoms with Crippen LogP contribution in [0.4, 0.5) is 22.0 Å². The number of carbonyl (C=O) groups is 2. The van der Waals surface area contributed by atoms with Crippen LogP contribution in [-0.4, -0.2) is 51.1 Å². The van der Waals surface area contributed by atoms with Crippen LogP contribution in [0, 0.1) is 0 Å². The van der Waals surface area contributed by atoms with Crippen LogP contribution in [0.2, 0.25) is 0 Å². The largest absolute Gasteiger partial charge is 0.494 e. The Morgan fingerprint density at radius 2 is 1.83 bits per heavy atom. The van der Waals surface area contributed by atoms with Crippen LogP contribution in [0.25, 0.3) is 11.4 Å². The smallest absolute Gasteiger partial charge is 0.320 e. The molecule has 0 spiro atoms. The molecular formula is C24H25N9O3. The molecular weight excluding hydrogens is 462 g/mol. The zero-order chi connectivity index (χ0) is 25.5. The molecule has 0 radical (unpaired) electrons. The minimum atomic E-state index is -0.465. The van der Waals surface area contributed by atoms with Crippen LogP contribution in [0.3, 0.4) is 0 Å². The summed E-state index contributed by atoms with van der Waals surface area (Å²) in [5.74, 6) is 0.650. The fourth-order valence-corrected chi connectivity index (χ4v) is 3.41. The lowest BCUT2D eigenvalue weighted by atomic mass is 10.1. The average Bonchev–Trinajstić information content (AvgIpc) is 3.33. The van der Waals surface area contributed by atoms with Gasteiger partial charge in [0.15, 0.2) is 23.1 Å². The zero-order valence-electron chi connectivity index (χ0n) is 19.9. The van der Waals surface area contributed by atoms with Crippen molar-refractivity contribution in [3.05, 3.63) is 72.2 Å². The van der Waals surface area contributed by atoms with Gasteiger partial charge >= 0.3 is 6.03 Å². The van der Waals surface area contributed by atoms with Gasteiger partial charge in [-0.3, -0.25) is 14.8 Å². The van der Waals surface area contributed by atoms with Crippen LogP contribution >= 0.6 is 0 Å². The highest BCUT2D eigenvalue weighted by atomic mass is 16.5. The van der Waals surface area contributed by atoms with Gasteiger partial charge in [0.1, 0.15) is 6.33 Å². The van der Waals surface area contributed by atoms with E-state index in [4.69, 9.17) is 4.74 Å². The first-order valence-corrected chi connectivity index (χ1v) is 11.0. The molecule has 0 bridgehead atoms. The third kappa shape index (κ3) is 5.55.